The average Bonchev–Trinajstić information content (AvgIpc) is 2.80. The molecule has 11 nitrogen and oxygen atoms in total. The van der Waals surface area contributed by atoms with Gasteiger partial charge in [-0.05, 0) is 31.3 Å². The Morgan fingerprint density at radius 3 is 2.39 bits per heavy atom. The lowest BCUT2D eigenvalue weighted by Crippen LogP contribution is -2.68. The Morgan fingerprint density at radius 1 is 1.19 bits per heavy atom. The molecule has 190 valence electrons. The Morgan fingerprint density at radius 2 is 1.83 bits per heavy atom. The van der Waals surface area contributed by atoms with E-state index >= 15 is 0 Å². The standard InChI is InChI=1S/C25H26N2O9/c1-5-12(29)36-21-13-9(2)10-7-6-8-11(28)14(10)19(30)15(13)22(32)25(35)17(21)18(27(3)4)20(31)16(23(25)33)24(26)34/h6-8,13,17-18,21,28,31-32,35H,2,5H2,1,3-4H3,(H2,26,34)/t13-,17-,18+,21+,25+/m1/s1. The number of primary amides is 1. The van der Waals surface area contributed by atoms with E-state index in [4.69, 9.17) is 10.5 Å². The van der Waals surface area contributed by atoms with Gasteiger partial charge in [-0.15, -0.1) is 0 Å². The van der Waals surface area contributed by atoms with E-state index < -0.39 is 81.4 Å². The predicted octanol–water partition coefficient (Wildman–Crippen LogP) is 0.523. The van der Waals surface area contributed by atoms with Gasteiger partial charge in [-0.2, -0.15) is 0 Å². The molecule has 0 aromatic heterocycles. The Labute approximate surface area is 205 Å². The zero-order valence-electron chi connectivity index (χ0n) is 19.8. The molecule has 0 bridgehead atoms. The van der Waals surface area contributed by atoms with Crippen LogP contribution in [0.2, 0.25) is 0 Å². The molecule has 0 fully saturated rings. The van der Waals surface area contributed by atoms with Crippen LogP contribution in [0.4, 0.5) is 0 Å². The maximum atomic E-state index is 13.6. The normalized spacial score (nSPS) is 29.6. The zero-order chi connectivity index (χ0) is 26.9. The van der Waals surface area contributed by atoms with Gasteiger partial charge in [0.2, 0.25) is 5.78 Å². The molecule has 6 N–H and O–H groups in total. The fourth-order valence-corrected chi connectivity index (χ4v) is 5.56. The predicted molar refractivity (Wildman–Crippen MR) is 125 cm³/mol. The van der Waals surface area contributed by atoms with Gasteiger partial charge in [-0.3, -0.25) is 24.1 Å². The second-order valence-electron chi connectivity index (χ2n) is 9.26. The van der Waals surface area contributed by atoms with Gasteiger partial charge in [0.15, 0.2) is 11.4 Å². The molecule has 0 unspecified atom stereocenters. The van der Waals surface area contributed by atoms with Crippen molar-refractivity contribution in [2.75, 3.05) is 14.1 Å². The molecule has 0 heterocycles. The summed E-state index contributed by atoms with van der Waals surface area (Å²) < 4.78 is 5.68. The van der Waals surface area contributed by atoms with E-state index in [9.17, 15) is 39.6 Å². The number of rotatable bonds is 4. The van der Waals surface area contributed by atoms with E-state index in [0.29, 0.717) is 0 Å². The number of benzene rings is 1. The number of phenolic OH excluding ortho intramolecular Hbond substituents is 1. The third-order valence-corrected chi connectivity index (χ3v) is 7.14. The van der Waals surface area contributed by atoms with Crippen LogP contribution in [0.25, 0.3) is 5.57 Å². The van der Waals surface area contributed by atoms with Crippen LogP contribution in [0.1, 0.15) is 29.3 Å². The second kappa shape index (κ2) is 8.32. The highest BCUT2D eigenvalue weighted by molar-refractivity contribution is 6.25. The number of aliphatic hydroxyl groups is 3. The molecule has 3 aliphatic carbocycles. The first-order chi connectivity index (χ1) is 16.8. The van der Waals surface area contributed by atoms with Crippen LogP contribution in [-0.4, -0.2) is 80.6 Å². The summed E-state index contributed by atoms with van der Waals surface area (Å²) in [7, 11) is 2.94. The largest absolute Gasteiger partial charge is 0.510 e. The minimum absolute atomic E-state index is 0.105. The first kappa shape index (κ1) is 25.1. The van der Waals surface area contributed by atoms with Crippen LogP contribution in [-0.2, 0) is 19.1 Å². The van der Waals surface area contributed by atoms with E-state index in [1.165, 1.54) is 44.1 Å². The number of Topliss-reactive ketones (excluding diaryl/α,β-unsaturated/α-hetero) is 2. The lowest BCUT2D eigenvalue weighted by Gasteiger charge is -2.53. The number of aromatic hydroxyl groups is 1. The number of ether oxygens (including phenoxy) is 1. The highest BCUT2D eigenvalue weighted by Crippen LogP contribution is 2.55. The number of ketones is 2. The van der Waals surface area contributed by atoms with Crippen molar-refractivity contribution in [2.24, 2.45) is 17.6 Å². The van der Waals surface area contributed by atoms with Crippen molar-refractivity contribution in [1.29, 1.82) is 0 Å². The van der Waals surface area contributed by atoms with Gasteiger partial charge in [0.05, 0.1) is 29.0 Å². The SMILES string of the molecule is C=C1c2cccc(O)c2C(=O)C2=C(O)[C@]3(O)C(=O)C(C(N)=O)=C(O)[C@@H](N(C)C)[C@@H]3[C@@H](OC(=O)CC)[C@H]12. The second-order valence-corrected chi connectivity index (χ2v) is 9.26. The van der Waals surface area contributed by atoms with Gasteiger partial charge >= 0.3 is 5.97 Å². The summed E-state index contributed by atoms with van der Waals surface area (Å²) in [6, 6.07) is 2.90. The van der Waals surface area contributed by atoms with Crippen molar-refractivity contribution in [2.45, 2.75) is 31.1 Å². The smallest absolute Gasteiger partial charge is 0.305 e. The summed E-state index contributed by atoms with van der Waals surface area (Å²) >= 11 is 0. The molecule has 0 saturated heterocycles. The molecule has 5 atom stereocenters. The topological polar surface area (TPSA) is 188 Å². The fraction of sp³-hybridized carbons (Fsp3) is 0.360. The van der Waals surface area contributed by atoms with Crippen molar-refractivity contribution in [1.82, 2.24) is 4.90 Å². The summed E-state index contributed by atoms with van der Waals surface area (Å²) in [6.07, 6.45) is -1.60. The number of fused-ring (bicyclic) bond motifs is 3. The molecule has 1 aromatic carbocycles. The van der Waals surface area contributed by atoms with Crippen LogP contribution in [0.5, 0.6) is 5.75 Å². The molecule has 1 aromatic rings. The van der Waals surface area contributed by atoms with Gasteiger partial charge in [0.1, 0.15) is 28.9 Å². The minimum Gasteiger partial charge on any atom is -0.510 e. The van der Waals surface area contributed by atoms with Crippen LogP contribution in [0.3, 0.4) is 0 Å². The van der Waals surface area contributed by atoms with E-state index in [2.05, 4.69) is 6.58 Å². The summed E-state index contributed by atoms with van der Waals surface area (Å²) in [4.78, 5) is 53.1. The molecule has 0 aliphatic heterocycles. The lowest BCUT2D eigenvalue weighted by atomic mass is 9.56. The van der Waals surface area contributed by atoms with Crippen LogP contribution in [0, 0.1) is 11.8 Å². The number of hydrogen-bond donors (Lipinski definition) is 5. The number of carbonyl (C=O) groups is 4. The Kier molecular flexibility index (Phi) is 5.81. The van der Waals surface area contributed by atoms with E-state index in [1.54, 1.807) is 0 Å². The number of carbonyl (C=O) groups excluding carboxylic acids is 4. The Bertz CT molecular complexity index is 1310. The number of phenols is 1. The Balaban J connectivity index is 2.12. The van der Waals surface area contributed by atoms with Crippen LogP contribution >= 0.6 is 0 Å². The third kappa shape index (κ3) is 3.12. The Hall–Kier alpha value is -3.96. The lowest BCUT2D eigenvalue weighted by molar-refractivity contribution is -0.177. The molecule has 0 radical (unpaired) electrons. The van der Waals surface area contributed by atoms with E-state index in [1.807, 2.05) is 0 Å². The number of nitrogens with two attached hydrogens (primary N) is 1. The first-order valence-corrected chi connectivity index (χ1v) is 11.2. The quantitative estimate of drug-likeness (QED) is 0.289. The molecule has 0 saturated carbocycles. The van der Waals surface area contributed by atoms with Gasteiger partial charge in [0, 0.05) is 6.42 Å². The zero-order valence-corrected chi connectivity index (χ0v) is 19.8. The fourth-order valence-electron chi connectivity index (χ4n) is 5.56. The molecule has 3 aliphatic rings. The number of hydrogen-bond acceptors (Lipinski definition) is 10. The summed E-state index contributed by atoms with van der Waals surface area (Å²) in [6.45, 7) is 5.53. The average molecular weight is 498 g/mol. The van der Waals surface area contributed by atoms with E-state index in [0.717, 1.165) is 0 Å². The van der Waals surface area contributed by atoms with Crippen molar-refractivity contribution in [3.8, 4) is 5.75 Å². The minimum atomic E-state index is -2.98. The van der Waals surface area contributed by atoms with E-state index in [-0.39, 0.29) is 23.1 Å². The molecule has 36 heavy (non-hydrogen) atoms. The van der Waals surface area contributed by atoms with Gasteiger partial charge in [-0.1, -0.05) is 25.6 Å². The highest BCUT2D eigenvalue weighted by atomic mass is 16.5. The first-order valence-electron chi connectivity index (χ1n) is 11.2. The molecule has 11 heteroatoms. The summed E-state index contributed by atoms with van der Waals surface area (Å²) in [5.41, 5.74) is 1.07. The third-order valence-electron chi connectivity index (χ3n) is 7.14. The van der Waals surface area contributed by atoms with Crippen molar-refractivity contribution < 1.29 is 44.3 Å². The summed E-state index contributed by atoms with van der Waals surface area (Å²) in [5.74, 6) is -9.59. The van der Waals surface area contributed by atoms with Gasteiger partial charge in [-0.25, -0.2) is 0 Å². The molecule has 0 spiro atoms. The maximum absolute atomic E-state index is 13.6. The number of likely N-dealkylation sites (N-methyl/N-ethyl adjacent to an activating group) is 1. The van der Waals surface area contributed by atoms with Gasteiger partial charge in [0.25, 0.3) is 5.91 Å². The summed E-state index contributed by atoms with van der Waals surface area (Å²) in [5, 5.41) is 44.5. The molecule has 1 amide bonds. The molecular weight excluding hydrogens is 472 g/mol. The van der Waals surface area contributed by atoms with Crippen LogP contribution in [0.15, 0.2) is 47.4 Å². The molecule has 4 rings (SSSR count). The number of aliphatic hydroxyl groups excluding tert-OH is 2. The van der Waals surface area contributed by atoms with Crippen molar-refractivity contribution in [3.63, 3.8) is 0 Å². The molecular formula is C25H26N2O9. The number of nitrogens with zero attached hydrogens (tertiary/aromatic N) is 1. The van der Waals surface area contributed by atoms with Crippen molar-refractivity contribution >= 4 is 29.0 Å². The number of esters is 1. The monoisotopic (exact) mass is 498 g/mol. The van der Waals surface area contributed by atoms with Gasteiger partial charge < -0.3 is 30.9 Å². The highest BCUT2D eigenvalue weighted by Gasteiger charge is 2.68. The number of amides is 1. The maximum Gasteiger partial charge on any atom is 0.305 e. The van der Waals surface area contributed by atoms with Crippen LogP contribution < -0.4 is 5.73 Å². The van der Waals surface area contributed by atoms with Crippen molar-refractivity contribution in [3.05, 3.63) is 58.6 Å².